The fraction of sp³-hybridized carbons (Fsp3) is 0.111. The third kappa shape index (κ3) is 3.88. The second kappa shape index (κ2) is 7.52. The van der Waals surface area contributed by atoms with Gasteiger partial charge < -0.3 is 9.47 Å². The highest BCUT2D eigenvalue weighted by molar-refractivity contribution is 5.64. The molecule has 0 unspecified atom stereocenters. The molecule has 4 nitrogen and oxygen atoms in total. The molecule has 0 aliphatic carbocycles. The largest absolute Gasteiger partial charge is 0.493 e. The summed E-state index contributed by atoms with van der Waals surface area (Å²) < 4.78 is 11.1. The van der Waals surface area contributed by atoms with Gasteiger partial charge in [0.2, 0.25) is 0 Å². The van der Waals surface area contributed by atoms with Gasteiger partial charge in [0.05, 0.1) is 7.11 Å². The number of nitrogens with zero attached hydrogens (tertiary/aromatic N) is 2. The minimum absolute atomic E-state index is 0.0409. The Morgan fingerprint density at radius 3 is 2.41 bits per heavy atom. The van der Waals surface area contributed by atoms with Gasteiger partial charge in [0.15, 0.2) is 11.5 Å². The highest BCUT2D eigenvalue weighted by atomic mass is 16.5. The van der Waals surface area contributed by atoms with E-state index in [0.717, 1.165) is 5.56 Å². The number of rotatable bonds is 5. The Morgan fingerprint density at radius 2 is 1.77 bits per heavy atom. The van der Waals surface area contributed by atoms with Crippen molar-refractivity contribution < 1.29 is 9.47 Å². The zero-order valence-corrected chi connectivity index (χ0v) is 12.1. The van der Waals surface area contributed by atoms with Crippen molar-refractivity contribution in [2.45, 2.75) is 6.61 Å². The number of hydrogen-bond acceptors (Lipinski definition) is 4. The van der Waals surface area contributed by atoms with Gasteiger partial charge in [-0.25, -0.2) is 0 Å². The van der Waals surface area contributed by atoms with Crippen LogP contribution in [0.4, 0.5) is 0 Å². The lowest BCUT2D eigenvalue weighted by molar-refractivity contribution is 0.284. The van der Waals surface area contributed by atoms with E-state index < -0.39 is 0 Å². The first-order chi connectivity index (χ1) is 10.8. The van der Waals surface area contributed by atoms with Crippen molar-refractivity contribution >= 4 is 6.08 Å². The standard InChI is InChI=1S/C18H14N2O2/c1-21-17-8-7-15(9-16(11-19)12-20)10-18(17)22-13-14-5-3-2-4-6-14/h2-10H,13H2,1H3. The normalized spacial score (nSPS) is 9.23. The molecule has 0 atom stereocenters. The summed E-state index contributed by atoms with van der Waals surface area (Å²) in [5, 5.41) is 17.6. The average Bonchev–Trinajstić information content (AvgIpc) is 2.58. The maximum atomic E-state index is 8.81. The topological polar surface area (TPSA) is 66.0 Å². The summed E-state index contributed by atoms with van der Waals surface area (Å²) in [4.78, 5) is 0. The van der Waals surface area contributed by atoms with Crippen LogP contribution in [0.15, 0.2) is 54.1 Å². The van der Waals surface area contributed by atoms with Crippen LogP contribution in [0.3, 0.4) is 0 Å². The van der Waals surface area contributed by atoms with Crippen LogP contribution in [-0.2, 0) is 6.61 Å². The van der Waals surface area contributed by atoms with Gasteiger partial charge in [-0.15, -0.1) is 0 Å². The molecule has 108 valence electrons. The van der Waals surface area contributed by atoms with E-state index in [1.165, 1.54) is 6.08 Å². The molecule has 0 spiro atoms. The molecular weight excluding hydrogens is 276 g/mol. The van der Waals surface area contributed by atoms with Crippen LogP contribution in [0, 0.1) is 22.7 Å². The van der Waals surface area contributed by atoms with Crippen LogP contribution in [0.1, 0.15) is 11.1 Å². The fourth-order valence-electron chi connectivity index (χ4n) is 1.89. The quantitative estimate of drug-likeness (QED) is 0.787. The van der Waals surface area contributed by atoms with E-state index >= 15 is 0 Å². The summed E-state index contributed by atoms with van der Waals surface area (Å²) in [6.45, 7) is 0.410. The molecule has 2 aromatic carbocycles. The maximum Gasteiger partial charge on any atom is 0.162 e. The fourth-order valence-corrected chi connectivity index (χ4v) is 1.89. The van der Waals surface area contributed by atoms with Gasteiger partial charge in [-0.1, -0.05) is 36.4 Å². The van der Waals surface area contributed by atoms with E-state index in [2.05, 4.69) is 0 Å². The third-order valence-electron chi connectivity index (χ3n) is 2.98. The number of nitriles is 2. The summed E-state index contributed by atoms with van der Waals surface area (Å²) in [5.41, 5.74) is 1.79. The number of benzene rings is 2. The van der Waals surface area contributed by atoms with Crippen molar-refractivity contribution in [1.29, 1.82) is 10.5 Å². The van der Waals surface area contributed by atoms with Crippen LogP contribution in [0.2, 0.25) is 0 Å². The molecule has 0 amide bonds. The number of ether oxygens (including phenoxy) is 2. The molecular formula is C18H14N2O2. The van der Waals surface area contributed by atoms with Crippen molar-refractivity contribution in [2.24, 2.45) is 0 Å². The zero-order valence-electron chi connectivity index (χ0n) is 12.1. The van der Waals surface area contributed by atoms with Gasteiger partial charge in [-0.2, -0.15) is 10.5 Å². The summed E-state index contributed by atoms with van der Waals surface area (Å²) in [7, 11) is 1.57. The van der Waals surface area contributed by atoms with E-state index in [1.54, 1.807) is 25.3 Å². The Labute approximate surface area is 129 Å². The number of methoxy groups -OCH3 is 1. The first kappa shape index (κ1) is 15.2. The molecule has 0 fully saturated rings. The smallest absolute Gasteiger partial charge is 0.162 e. The Balaban J connectivity index is 2.24. The maximum absolute atomic E-state index is 8.81. The van der Waals surface area contributed by atoms with E-state index in [-0.39, 0.29) is 5.57 Å². The summed E-state index contributed by atoms with van der Waals surface area (Å²) in [6, 6.07) is 18.7. The van der Waals surface area contributed by atoms with Gasteiger partial charge in [-0.3, -0.25) is 0 Å². The molecule has 2 rings (SSSR count). The van der Waals surface area contributed by atoms with Crippen molar-refractivity contribution in [3.63, 3.8) is 0 Å². The molecule has 2 aromatic rings. The molecule has 22 heavy (non-hydrogen) atoms. The zero-order chi connectivity index (χ0) is 15.8. The van der Waals surface area contributed by atoms with Crippen LogP contribution >= 0.6 is 0 Å². The van der Waals surface area contributed by atoms with Crippen LogP contribution in [0.25, 0.3) is 6.08 Å². The molecule has 0 aromatic heterocycles. The van der Waals surface area contributed by atoms with E-state index in [4.69, 9.17) is 20.0 Å². The molecule has 0 radical (unpaired) electrons. The molecule has 0 saturated carbocycles. The van der Waals surface area contributed by atoms with Crippen molar-refractivity contribution in [3.05, 3.63) is 65.2 Å². The van der Waals surface area contributed by atoms with Crippen molar-refractivity contribution in [2.75, 3.05) is 7.11 Å². The van der Waals surface area contributed by atoms with Gasteiger partial charge in [0.25, 0.3) is 0 Å². The van der Waals surface area contributed by atoms with Crippen molar-refractivity contribution in [1.82, 2.24) is 0 Å². The first-order valence-corrected chi connectivity index (χ1v) is 6.63. The van der Waals surface area contributed by atoms with E-state index in [0.29, 0.717) is 23.7 Å². The van der Waals surface area contributed by atoms with Gasteiger partial charge >= 0.3 is 0 Å². The minimum Gasteiger partial charge on any atom is -0.493 e. The predicted molar refractivity (Wildman–Crippen MR) is 83.0 cm³/mol. The highest BCUT2D eigenvalue weighted by Crippen LogP contribution is 2.29. The number of allylic oxidation sites excluding steroid dienone is 1. The lowest BCUT2D eigenvalue weighted by Crippen LogP contribution is -1.98. The summed E-state index contributed by atoms with van der Waals surface area (Å²) in [5.74, 6) is 1.17. The average molecular weight is 290 g/mol. The lowest BCUT2D eigenvalue weighted by Gasteiger charge is -2.11. The third-order valence-corrected chi connectivity index (χ3v) is 2.98. The van der Waals surface area contributed by atoms with E-state index in [1.807, 2.05) is 42.5 Å². The molecule has 0 aliphatic heterocycles. The second-order valence-corrected chi connectivity index (χ2v) is 4.47. The molecule has 0 heterocycles. The Morgan fingerprint density at radius 1 is 1.05 bits per heavy atom. The van der Waals surface area contributed by atoms with Crippen LogP contribution in [-0.4, -0.2) is 7.11 Å². The summed E-state index contributed by atoms with van der Waals surface area (Å²) >= 11 is 0. The number of hydrogen-bond donors (Lipinski definition) is 0. The molecule has 0 saturated heterocycles. The van der Waals surface area contributed by atoms with Crippen LogP contribution < -0.4 is 9.47 Å². The molecule has 0 N–H and O–H groups in total. The minimum atomic E-state index is 0.0409. The van der Waals surface area contributed by atoms with Gasteiger partial charge in [0.1, 0.15) is 24.3 Å². The van der Waals surface area contributed by atoms with Crippen molar-refractivity contribution in [3.8, 4) is 23.6 Å². The van der Waals surface area contributed by atoms with Gasteiger partial charge in [-0.05, 0) is 29.3 Å². The predicted octanol–water partition coefficient (Wildman–Crippen LogP) is 3.70. The Hall–Kier alpha value is -3.24. The van der Waals surface area contributed by atoms with E-state index in [9.17, 15) is 0 Å². The molecule has 0 aliphatic rings. The monoisotopic (exact) mass is 290 g/mol. The summed E-state index contributed by atoms with van der Waals surface area (Å²) in [6.07, 6.45) is 1.51. The Bertz CT molecular complexity index is 737. The first-order valence-electron chi connectivity index (χ1n) is 6.63. The van der Waals surface area contributed by atoms with Gasteiger partial charge in [0, 0.05) is 0 Å². The molecule has 4 heteroatoms. The Kier molecular flexibility index (Phi) is 5.18. The van der Waals surface area contributed by atoms with Crippen LogP contribution in [0.5, 0.6) is 11.5 Å². The highest BCUT2D eigenvalue weighted by Gasteiger charge is 2.06. The second-order valence-electron chi connectivity index (χ2n) is 4.47. The SMILES string of the molecule is COc1ccc(C=C(C#N)C#N)cc1OCc1ccccc1. The molecule has 0 bridgehead atoms. The lowest BCUT2D eigenvalue weighted by atomic mass is 10.1.